The molecule has 0 unspecified atom stereocenters. The quantitative estimate of drug-likeness (QED) is 0.534. The number of amides is 2. The summed E-state index contributed by atoms with van der Waals surface area (Å²) in [6.45, 7) is 3.25. The zero-order chi connectivity index (χ0) is 22.9. The summed E-state index contributed by atoms with van der Waals surface area (Å²) in [4.78, 5) is 35.8. The number of esters is 1. The third kappa shape index (κ3) is 6.90. The second-order valence-electron chi connectivity index (χ2n) is 6.37. The first kappa shape index (κ1) is 24.0. The second-order valence-corrected chi connectivity index (χ2v) is 8.31. The predicted molar refractivity (Wildman–Crippen MR) is 115 cm³/mol. The lowest BCUT2D eigenvalue weighted by atomic mass is 10.2. The molecule has 0 fully saturated rings. The number of nitrogens with zero attached hydrogens (tertiary/aromatic N) is 1. The molecule has 2 N–H and O–H groups in total. The van der Waals surface area contributed by atoms with Crippen molar-refractivity contribution in [2.24, 2.45) is 0 Å². The Kier molecular flexibility index (Phi) is 8.71. The molecule has 0 aliphatic carbocycles. The maximum Gasteiger partial charge on any atom is 0.325 e. The lowest BCUT2D eigenvalue weighted by Gasteiger charge is -2.18. The van der Waals surface area contributed by atoms with Gasteiger partial charge in [-0.05, 0) is 36.4 Å². The minimum atomic E-state index is -3.62. The number of sulfonamides is 1. The van der Waals surface area contributed by atoms with Crippen LogP contribution in [0.5, 0.6) is 0 Å². The molecular weight excluding hydrogens is 422 g/mol. The molecule has 166 valence electrons. The van der Waals surface area contributed by atoms with Gasteiger partial charge in [-0.2, -0.15) is 4.31 Å². The van der Waals surface area contributed by atoms with E-state index in [1.54, 1.807) is 44.2 Å². The zero-order valence-corrected chi connectivity index (χ0v) is 18.1. The van der Waals surface area contributed by atoms with Crippen LogP contribution in [-0.2, 0) is 24.3 Å². The molecule has 0 aliphatic heterocycles. The summed E-state index contributed by atoms with van der Waals surface area (Å²) in [7, 11) is -3.62. The molecule has 2 aromatic carbocycles. The maximum atomic E-state index is 12.5. The van der Waals surface area contributed by atoms with Gasteiger partial charge < -0.3 is 15.4 Å². The van der Waals surface area contributed by atoms with Crippen molar-refractivity contribution >= 4 is 33.5 Å². The highest BCUT2D eigenvalue weighted by atomic mass is 32.2. The molecule has 2 amide bonds. The van der Waals surface area contributed by atoms with Crippen LogP contribution in [0.2, 0.25) is 0 Å². The number of carbonyl (C=O) groups excluding carboxylic acids is 3. The average Bonchev–Trinajstić information content (AvgIpc) is 2.77. The van der Waals surface area contributed by atoms with Crippen molar-refractivity contribution in [2.45, 2.75) is 18.7 Å². The number of rotatable bonds is 10. The topological polar surface area (TPSA) is 122 Å². The molecule has 10 heteroatoms. The first-order chi connectivity index (χ1) is 14.8. The van der Waals surface area contributed by atoms with Crippen LogP contribution < -0.4 is 10.6 Å². The Balaban J connectivity index is 1.82. The Morgan fingerprint density at radius 1 is 0.935 bits per heavy atom. The average molecular weight is 448 g/mol. The number of carbonyl (C=O) groups is 3. The van der Waals surface area contributed by atoms with Crippen molar-refractivity contribution < 1.29 is 27.5 Å². The van der Waals surface area contributed by atoms with Gasteiger partial charge in [0.15, 0.2) is 6.61 Å². The summed E-state index contributed by atoms with van der Waals surface area (Å²) in [6, 6.07) is 14.1. The number of anilines is 1. The highest BCUT2D eigenvalue weighted by molar-refractivity contribution is 7.89. The predicted octanol–water partition coefficient (Wildman–Crippen LogP) is 1.63. The molecule has 0 aliphatic rings. The third-order valence-electron chi connectivity index (χ3n) is 4.27. The van der Waals surface area contributed by atoms with Crippen molar-refractivity contribution in [1.29, 1.82) is 0 Å². The summed E-state index contributed by atoms with van der Waals surface area (Å²) < 4.78 is 31.1. The van der Waals surface area contributed by atoms with Gasteiger partial charge in [-0.1, -0.05) is 32.0 Å². The molecule has 0 radical (unpaired) electrons. The molecule has 2 rings (SSSR count). The fraction of sp³-hybridized carbons (Fsp3) is 0.286. The SMILES string of the molecule is CCN(CC)S(=O)(=O)c1ccc(C(=O)NCC(=O)OCC(=O)Nc2ccccc2)cc1. The molecule has 0 heterocycles. The van der Waals surface area contributed by atoms with Gasteiger partial charge in [0, 0.05) is 24.3 Å². The summed E-state index contributed by atoms with van der Waals surface area (Å²) in [5, 5.41) is 4.94. The monoisotopic (exact) mass is 447 g/mol. The van der Waals surface area contributed by atoms with Gasteiger partial charge in [-0.25, -0.2) is 8.42 Å². The van der Waals surface area contributed by atoms with E-state index in [1.807, 2.05) is 0 Å². The molecule has 0 saturated carbocycles. The minimum absolute atomic E-state index is 0.0802. The fourth-order valence-electron chi connectivity index (χ4n) is 2.66. The van der Waals surface area contributed by atoms with Crippen molar-refractivity contribution in [3.63, 3.8) is 0 Å². The van der Waals surface area contributed by atoms with Crippen LogP contribution in [0.3, 0.4) is 0 Å². The van der Waals surface area contributed by atoms with E-state index in [4.69, 9.17) is 4.74 Å². The number of para-hydroxylation sites is 1. The van der Waals surface area contributed by atoms with Crippen LogP contribution in [0.25, 0.3) is 0 Å². The van der Waals surface area contributed by atoms with Crippen LogP contribution in [0.1, 0.15) is 24.2 Å². The molecule has 0 spiro atoms. The van der Waals surface area contributed by atoms with Gasteiger partial charge in [0.05, 0.1) is 4.90 Å². The molecule has 0 atom stereocenters. The zero-order valence-electron chi connectivity index (χ0n) is 17.3. The van der Waals surface area contributed by atoms with E-state index in [0.717, 1.165) is 0 Å². The van der Waals surface area contributed by atoms with E-state index >= 15 is 0 Å². The highest BCUT2D eigenvalue weighted by Gasteiger charge is 2.21. The molecule has 31 heavy (non-hydrogen) atoms. The Labute approximate surface area is 181 Å². The van der Waals surface area contributed by atoms with Crippen molar-refractivity contribution in [2.75, 3.05) is 31.6 Å². The number of ether oxygens (including phenoxy) is 1. The van der Waals surface area contributed by atoms with Gasteiger partial charge in [0.2, 0.25) is 10.0 Å². The van der Waals surface area contributed by atoms with Gasteiger partial charge in [-0.15, -0.1) is 0 Å². The first-order valence-corrected chi connectivity index (χ1v) is 11.1. The molecule has 0 saturated heterocycles. The van der Waals surface area contributed by atoms with Gasteiger partial charge in [0.1, 0.15) is 6.54 Å². The van der Waals surface area contributed by atoms with Crippen LogP contribution >= 0.6 is 0 Å². The largest absolute Gasteiger partial charge is 0.454 e. The summed E-state index contributed by atoms with van der Waals surface area (Å²) in [6.07, 6.45) is 0. The Bertz CT molecular complexity index is 1000. The van der Waals surface area contributed by atoms with Crippen molar-refractivity contribution in [3.05, 3.63) is 60.2 Å². The van der Waals surface area contributed by atoms with E-state index in [-0.39, 0.29) is 10.5 Å². The van der Waals surface area contributed by atoms with Crippen LogP contribution in [0.4, 0.5) is 5.69 Å². The van der Waals surface area contributed by atoms with E-state index in [9.17, 15) is 22.8 Å². The summed E-state index contributed by atoms with van der Waals surface area (Å²) in [5.74, 6) is -1.86. The number of nitrogens with one attached hydrogen (secondary N) is 2. The maximum absolute atomic E-state index is 12.5. The van der Waals surface area contributed by atoms with E-state index < -0.39 is 41.0 Å². The van der Waals surface area contributed by atoms with Crippen molar-refractivity contribution in [3.8, 4) is 0 Å². The number of hydrogen-bond donors (Lipinski definition) is 2. The molecule has 9 nitrogen and oxygen atoms in total. The highest BCUT2D eigenvalue weighted by Crippen LogP contribution is 2.16. The van der Waals surface area contributed by atoms with E-state index in [1.165, 1.54) is 28.6 Å². The van der Waals surface area contributed by atoms with Crippen LogP contribution in [0.15, 0.2) is 59.5 Å². The van der Waals surface area contributed by atoms with E-state index in [0.29, 0.717) is 18.8 Å². The Morgan fingerprint density at radius 3 is 2.13 bits per heavy atom. The second kappa shape index (κ2) is 11.2. The minimum Gasteiger partial charge on any atom is -0.454 e. The Hall–Kier alpha value is -3.24. The fourth-order valence-corrected chi connectivity index (χ4v) is 4.12. The standard InChI is InChI=1S/C21H25N3O6S/c1-3-24(4-2)31(28,29)18-12-10-16(11-13-18)21(27)22-14-20(26)30-15-19(25)23-17-8-6-5-7-9-17/h5-13H,3-4,14-15H2,1-2H3,(H,22,27)(H,23,25). The van der Waals surface area contributed by atoms with Gasteiger partial charge in [-0.3, -0.25) is 14.4 Å². The summed E-state index contributed by atoms with van der Waals surface area (Å²) >= 11 is 0. The normalized spacial score (nSPS) is 11.1. The number of benzene rings is 2. The first-order valence-electron chi connectivity index (χ1n) is 9.66. The number of hydrogen-bond acceptors (Lipinski definition) is 6. The molecular formula is C21H25N3O6S. The lowest BCUT2D eigenvalue weighted by molar-refractivity contribution is -0.146. The van der Waals surface area contributed by atoms with Gasteiger partial charge >= 0.3 is 5.97 Å². The van der Waals surface area contributed by atoms with Crippen LogP contribution in [-0.4, -0.2) is 56.7 Å². The Morgan fingerprint density at radius 2 is 1.55 bits per heavy atom. The smallest absolute Gasteiger partial charge is 0.325 e. The lowest BCUT2D eigenvalue weighted by Crippen LogP contribution is -2.32. The summed E-state index contributed by atoms with van der Waals surface area (Å²) in [5.41, 5.74) is 0.761. The third-order valence-corrected chi connectivity index (χ3v) is 6.34. The van der Waals surface area contributed by atoms with Crippen LogP contribution in [0, 0.1) is 0 Å². The van der Waals surface area contributed by atoms with Gasteiger partial charge in [0.25, 0.3) is 11.8 Å². The molecule has 2 aromatic rings. The molecule has 0 aromatic heterocycles. The van der Waals surface area contributed by atoms with Crippen molar-refractivity contribution in [1.82, 2.24) is 9.62 Å². The van der Waals surface area contributed by atoms with E-state index in [2.05, 4.69) is 10.6 Å². The molecule has 0 bridgehead atoms.